The van der Waals surface area contributed by atoms with Crippen molar-refractivity contribution in [2.75, 3.05) is 0 Å². The molecule has 0 aliphatic rings. The Morgan fingerprint density at radius 2 is 2.18 bits per heavy atom. The molecule has 0 radical (unpaired) electrons. The molecule has 0 bridgehead atoms. The van der Waals surface area contributed by atoms with E-state index in [-0.39, 0.29) is 16.8 Å². The van der Waals surface area contributed by atoms with Crippen LogP contribution in [0, 0.1) is 6.92 Å². The molecule has 6 heteroatoms. The number of nitrogens with one attached hydrogen (secondary N) is 1. The van der Waals surface area contributed by atoms with Crippen molar-refractivity contribution in [2.45, 2.75) is 19.9 Å². The van der Waals surface area contributed by atoms with E-state index < -0.39 is 5.69 Å². The van der Waals surface area contributed by atoms with Gasteiger partial charge >= 0.3 is 5.69 Å². The van der Waals surface area contributed by atoms with Gasteiger partial charge in [0.15, 0.2) is 0 Å². The number of halogens is 1. The molecule has 90 valence electrons. The van der Waals surface area contributed by atoms with Crippen LogP contribution >= 0.6 is 22.9 Å². The van der Waals surface area contributed by atoms with Crippen molar-refractivity contribution >= 4 is 22.9 Å². The zero-order chi connectivity index (χ0) is 12.6. The molecule has 0 spiro atoms. The Bertz CT molecular complexity index is 642. The van der Waals surface area contributed by atoms with Gasteiger partial charge in [0.1, 0.15) is 5.15 Å². The van der Waals surface area contributed by atoms with E-state index in [4.69, 9.17) is 11.6 Å². The fourth-order valence-electron chi connectivity index (χ4n) is 1.63. The van der Waals surface area contributed by atoms with Crippen molar-refractivity contribution < 1.29 is 0 Å². The Balaban J connectivity index is 2.65. The number of aromatic amines is 1. The Morgan fingerprint density at radius 1 is 1.47 bits per heavy atom. The van der Waals surface area contributed by atoms with Crippen LogP contribution in [0.25, 0.3) is 0 Å². The molecule has 0 aliphatic heterocycles. The second kappa shape index (κ2) is 4.50. The number of nitrogens with zero attached hydrogens (tertiary/aromatic N) is 1. The number of thiophene rings is 1. The maximum Gasteiger partial charge on any atom is 0.330 e. The normalized spacial score (nSPS) is 12.6. The van der Waals surface area contributed by atoms with Crippen molar-refractivity contribution in [1.82, 2.24) is 9.55 Å². The topological polar surface area (TPSA) is 54.9 Å². The standard InChI is InChI=1S/C11H11ClN2O2S/c1-6-9(12)13-11(16)14(10(6)15)7(2)8-3-4-17-5-8/h3-5,7H,1-2H3,(H,13,16). The molecule has 1 unspecified atom stereocenters. The lowest BCUT2D eigenvalue weighted by atomic mass is 10.2. The highest BCUT2D eigenvalue weighted by Gasteiger charge is 2.16. The van der Waals surface area contributed by atoms with Gasteiger partial charge in [-0.05, 0) is 36.2 Å². The van der Waals surface area contributed by atoms with Gasteiger partial charge in [0.25, 0.3) is 5.56 Å². The number of hydrogen-bond acceptors (Lipinski definition) is 3. The molecule has 1 atom stereocenters. The maximum absolute atomic E-state index is 12.0. The van der Waals surface area contributed by atoms with Crippen molar-refractivity contribution in [3.8, 4) is 0 Å². The summed E-state index contributed by atoms with van der Waals surface area (Å²) in [6.45, 7) is 3.41. The molecule has 2 rings (SSSR count). The van der Waals surface area contributed by atoms with Gasteiger partial charge in [0, 0.05) is 5.56 Å². The maximum atomic E-state index is 12.0. The van der Waals surface area contributed by atoms with Gasteiger partial charge < -0.3 is 0 Å². The molecule has 2 aromatic rings. The molecule has 0 amide bonds. The summed E-state index contributed by atoms with van der Waals surface area (Å²) in [7, 11) is 0. The molecule has 2 heterocycles. The van der Waals surface area contributed by atoms with E-state index in [2.05, 4.69) is 4.98 Å². The number of hydrogen-bond donors (Lipinski definition) is 1. The molecular formula is C11H11ClN2O2S. The van der Waals surface area contributed by atoms with Crippen LogP contribution in [0.3, 0.4) is 0 Å². The molecule has 17 heavy (non-hydrogen) atoms. The van der Waals surface area contributed by atoms with E-state index in [0.717, 1.165) is 5.56 Å². The number of H-pyrrole nitrogens is 1. The van der Waals surface area contributed by atoms with Gasteiger partial charge in [-0.2, -0.15) is 11.3 Å². The highest BCUT2D eigenvalue weighted by molar-refractivity contribution is 7.07. The molecule has 4 nitrogen and oxygen atoms in total. The van der Waals surface area contributed by atoms with E-state index in [0.29, 0.717) is 5.56 Å². The highest BCUT2D eigenvalue weighted by atomic mass is 35.5. The summed E-state index contributed by atoms with van der Waals surface area (Å²) in [4.78, 5) is 26.3. The second-order valence-corrected chi connectivity index (χ2v) is 4.93. The van der Waals surface area contributed by atoms with Crippen molar-refractivity contribution in [3.63, 3.8) is 0 Å². The predicted molar refractivity (Wildman–Crippen MR) is 69.2 cm³/mol. The van der Waals surface area contributed by atoms with Crippen molar-refractivity contribution in [2.24, 2.45) is 0 Å². The smallest absolute Gasteiger partial charge is 0.297 e. The quantitative estimate of drug-likeness (QED) is 0.851. The Kier molecular flexibility index (Phi) is 3.22. The van der Waals surface area contributed by atoms with Gasteiger partial charge in [-0.25, -0.2) is 4.79 Å². The average molecular weight is 271 g/mol. The molecule has 0 saturated carbocycles. The highest BCUT2D eigenvalue weighted by Crippen LogP contribution is 2.18. The Labute approximate surface area is 106 Å². The molecule has 0 fully saturated rings. The van der Waals surface area contributed by atoms with Crippen LogP contribution in [-0.2, 0) is 0 Å². The molecule has 1 N–H and O–H groups in total. The summed E-state index contributed by atoms with van der Waals surface area (Å²) in [6.07, 6.45) is 0. The lowest BCUT2D eigenvalue weighted by molar-refractivity contribution is 0.576. The third-order valence-corrected chi connectivity index (χ3v) is 3.80. The fourth-order valence-corrected chi connectivity index (χ4v) is 2.54. The van der Waals surface area contributed by atoms with Crippen LogP contribution in [0.1, 0.15) is 24.1 Å². The van der Waals surface area contributed by atoms with E-state index in [1.165, 1.54) is 15.9 Å². The summed E-state index contributed by atoms with van der Waals surface area (Å²) in [5.74, 6) is 0. The molecular weight excluding hydrogens is 260 g/mol. The van der Waals surface area contributed by atoms with Crippen LogP contribution in [0.15, 0.2) is 26.4 Å². The van der Waals surface area contributed by atoms with Crippen LogP contribution in [0.5, 0.6) is 0 Å². The van der Waals surface area contributed by atoms with Crippen LogP contribution in [0.2, 0.25) is 5.15 Å². The van der Waals surface area contributed by atoms with Crippen molar-refractivity contribution in [3.05, 3.63) is 53.9 Å². The van der Waals surface area contributed by atoms with Gasteiger partial charge in [-0.3, -0.25) is 14.3 Å². The minimum absolute atomic E-state index is 0.105. The monoisotopic (exact) mass is 270 g/mol. The van der Waals surface area contributed by atoms with E-state index in [1.54, 1.807) is 6.92 Å². The summed E-state index contributed by atoms with van der Waals surface area (Å²) in [5, 5.41) is 3.93. The molecule has 2 aromatic heterocycles. The van der Waals surface area contributed by atoms with E-state index >= 15 is 0 Å². The van der Waals surface area contributed by atoms with Crippen LogP contribution in [0.4, 0.5) is 0 Å². The molecule has 0 saturated heterocycles. The average Bonchev–Trinajstić information content (AvgIpc) is 2.79. The van der Waals surface area contributed by atoms with E-state index in [9.17, 15) is 9.59 Å². The first-order chi connectivity index (χ1) is 8.02. The second-order valence-electron chi connectivity index (χ2n) is 3.78. The Hall–Kier alpha value is -1.33. The van der Waals surface area contributed by atoms with Gasteiger partial charge in [-0.1, -0.05) is 11.6 Å². The van der Waals surface area contributed by atoms with Crippen LogP contribution < -0.4 is 11.2 Å². The summed E-state index contributed by atoms with van der Waals surface area (Å²) >= 11 is 7.28. The number of aromatic nitrogens is 2. The summed E-state index contributed by atoms with van der Waals surface area (Å²) < 4.78 is 1.18. The first kappa shape index (κ1) is 12.1. The van der Waals surface area contributed by atoms with E-state index in [1.807, 2.05) is 23.8 Å². The SMILES string of the molecule is Cc1c(Cl)[nH]c(=O)n(C(C)c2ccsc2)c1=O. The third kappa shape index (κ3) is 2.08. The predicted octanol–water partition coefficient (Wildman–Crippen LogP) is 2.17. The zero-order valence-corrected chi connectivity index (χ0v) is 10.9. The minimum atomic E-state index is -0.482. The first-order valence-electron chi connectivity index (χ1n) is 5.05. The van der Waals surface area contributed by atoms with Gasteiger partial charge in [0.2, 0.25) is 0 Å². The van der Waals surface area contributed by atoms with Crippen LogP contribution in [-0.4, -0.2) is 9.55 Å². The number of rotatable bonds is 2. The molecule has 0 aromatic carbocycles. The third-order valence-electron chi connectivity index (χ3n) is 2.72. The first-order valence-corrected chi connectivity index (χ1v) is 6.37. The summed E-state index contributed by atoms with van der Waals surface area (Å²) in [6, 6.07) is 1.60. The van der Waals surface area contributed by atoms with Gasteiger partial charge in [-0.15, -0.1) is 0 Å². The lowest BCUT2D eigenvalue weighted by Crippen LogP contribution is -2.38. The van der Waals surface area contributed by atoms with Gasteiger partial charge in [0.05, 0.1) is 6.04 Å². The fraction of sp³-hybridized carbons (Fsp3) is 0.273. The largest absolute Gasteiger partial charge is 0.330 e. The molecule has 0 aliphatic carbocycles. The minimum Gasteiger partial charge on any atom is -0.297 e. The lowest BCUT2D eigenvalue weighted by Gasteiger charge is -2.13. The zero-order valence-electron chi connectivity index (χ0n) is 9.36. The Morgan fingerprint density at radius 3 is 2.76 bits per heavy atom. The summed E-state index contributed by atoms with van der Waals surface area (Å²) in [5.41, 5.74) is 0.458. The van der Waals surface area contributed by atoms with Crippen molar-refractivity contribution in [1.29, 1.82) is 0 Å².